The molecule has 0 radical (unpaired) electrons. The van der Waals surface area contributed by atoms with Gasteiger partial charge >= 0.3 is 6.18 Å². The Morgan fingerprint density at radius 1 is 1.11 bits per heavy atom. The second-order valence-electron chi connectivity index (χ2n) is 6.23. The zero-order chi connectivity index (χ0) is 19.7. The molecule has 0 bridgehead atoms. The van der Waals surface area contributed by atoms with Crippen molar-refractivity contribution in [2.45, 2.75) is 45.5 Å². The first-order valence-electron chi connectivity index (χ1n) is 8.83. The number of nitrogens with zero attached hydrogens (tertiary/aromatic N) is 4. The Labute approximate surface area is 180 Å². The van der Waals surface area contributed by atoms with Gasteiger partial charge in [-0.1, -0.05) is 30.3 Å². The van der Waals surface area contributed by atoms with Crippen molar-refractivity contribution in [1.29, 1.82) is 0 Å². The Bertz CT molecular complexity index is 731. The summed E-state index contributed by atoms with van der Waals surface area (Å²) in [5.74, 6) is 2.08. The van der Waals surface area contributed by atoms with E-state index in [-0.39, 0.29) is 30.4 Å². The predicted octanol–water partition coefficient (Wildman–Crippen LogP) is 3.71. The third kappa shape index (κ3) is 8.89. The Kier molecular flexibility index (Phi) is 10.3. The van der Waals surface area contributed by atoms with E-state index in [4.69, 9.17) is 0 Å². The van der Waals surface area contributed by atoms with Gasteiger partial charge < -0.3 is 15.2 Å². The molecule has 156 valence electrons. The van der Waals surface area contributed by atoms with Gasteiger partial charge in [0, 0.05) is 20.0 Å². The number of benzene rings is 1. The first-order chi connectivity index (χ1) is 12.8. The van der Waals surface area contributed by atoms with Gasteiger partial charge in [-0.05, 0) is 25.3 Å². The van der Waals surface area contributed by atoms with Crippen molar-refractivity contribution in [1.82, 2.24) is 25.4 Å². The highest BCUT2D eigenvalue weighted by molar-refractivity contribution is 14.0. The van der Waals surface area contributed by atoms with Gasteiger partial charge in [0.2, 0.25) is 0 Å². The molecule has 0 amide bonds. The fourth-order valence-corrected chi connectivity index (χ4v) is 2.35. The Balaban J connectivity index is 0.00000392. The number of aromatic nitrogens is 3. The van der Waals surface area contributed by atoms with Crippen LogP contribution in [0.1, 0.15) is 36.5 Å². The quantitative estimate of drug-likeness (QED) is 0.246. The summed E-state index contributed by atoms with van der Waals surface area (Å²) < 4.78 is 38.5. The number of hydrogen-bond acceptors (Lipinski definition) is 3. The average molecular weight is 510 g/mol. The Morgan fingerprint density at radius 3 is 2.43 bits per heavy atom. The topological polar surface area (TPSA) is 67.1 Å². The molecule has 0 aliphatic rings. The standard InChI is InChI=1S/C18H25F3N6.HI/c1-14-25-26-16(27(14)2)13-24-17(22-11-7-6-10-18(19,20)21)23-12-15-8-4-3-5-9-15;/h3-5,8-9H,6-7,10-13H2,1-2H3,(H2,22,23,24);1H. The van der Waals surface area contributed by atoms with Crippen LogP contribution < -0.4 is 10.6 Å². The second-order valence-corrected chi connectivity index (χ2v) is 6.23. The van der Waals surface area contributed by atoms with E-state index < -0.39 is 12.6 Å². The van der Waals surface area contributed by atoms with E-state index in [1.54, 1.807) is 0 Å². The molecule has 1 heterocycles. The maximum atomic E-state index is 12.2. The molecular formula is C18H26F3IN6. The van der Waals surface area contributed by atoms with Crippen molar-refractivity contribution in [3.63, 3.8) is 0 Å². The number of guanidine groups is 1. The molecule has 0 fully saturated rings. The molecule has 0 aliphatic carbocycles. The molecule has 0 saturated carbocycles. The number of unbranched alkanes of at least 4 members (excludes halogenated alkanes) is 1. The van der Waals surface area contributed by atoms with E-state index in [0.717, 1.165) is 17.2 Å². The lowest BCUT2D eigenvalue weighted by Crippen LogP contribution is -2.38. The lowest BCUT2D eigenvalue weighted by Gasteiger charge is -2.13. The van der Waals surface area contributed by atoms with Crippen LogP contribution in [0, 0.1) is 6.92 Å². The minimum absolute atomic E-state index is 0. The summed E-state index contributed by atoms with van der Waals surface area (Å²) in [5.41, 5.74) is 1.05. The van der Waals surface area contributed by atoms with Crippen molar-refractivity contribution in [3.8, 4) is 0 Å². The number of rotatable bonds is 8. The molecule has 1 aromatic carbocycles. The molecule has 0 saturated heterocycles. The Morgan fingerprint density at radius 2 is 1.82 bits per heavy atom. The lowest BCUT2D eigenvalue weighted by molar-refractivity contribution is -0.135. The molecule has 0 aliphatic heterocycles. The fraction of sp³-hybridized carbons (Fsp3) is 0.500. The number of hydrogen-bond donors (Lipinski definition) is 2. The highest BCUT2D eigenvalue weighted by Gasteiger charge is 2.25. The average Bonchev–Trinajstić information content (AvgIpc) is 2.95. The number of halogens is 4. The molecule has 0 spiro atoms. The highest BCUT2D eigenvalue weighted by atomic mass is 127. The maximum Gasteiger partial charge on any atom is 0.389 e. The first kappa shape index (κ1) is 24.2. The van der Waals surface area contributed by atoms with Gasteiger partial charge in [0.05, 0.1) is 13.1 Å². The number of alkyl halides is 3. The maximum absolute atomic E-state index is 12.2. The van der Waals surface area contributed by atoms with Crippen LogP contribution in [0.2, 0.25) is 0 Å². The molecule has 28 heavy (non-hydrogen) atoms. The van der Waals surface area contributed by atoms with Crippen LogP contribution in [0.15, 0.2) is 35.3 Å². The largest absolute Gasteiger partial charge is 0.389 e. The minimum atomic E-state index is -4.11. The normalized spacial score (nSPS) is 11.8. The van der Waals surface area contributed by atoms with Crippen molar-refractivity contribution in [2.24, 2.45) is 12.0 Å². The van der Waals surface area contributed by atoms with Crippen molar-refractivity contribution >= 4 is 29.9 Å². The third-order valence-electron chi connectivity index (χ3n) is 4.04. The summed E-state index contributed by atoms with van der Waals surface area (Å²) in [4.78, 5) is 4.51. The number of aryl methyl sites for hydroxylation is 1. The van der Waals surface area contributed by atoms with Crippen molar-refractivity contribution in [3.05, 3.63) is 47.5 Å². The van der Waals surface area contributed by atoms with Gasteiger partial charge in [0.15, 0.2) is 11.8 Å². The van der Waals surface area contributed by atoms with Gasteiger partial charge in [-0.2, -0.15) is 13.2 Å². The predicted molar refractivity (Wildman–Crippen MR) is 113 cm³/mol. The van der Waals surface area contributed by atoms with Gasteiger partial charge in [-0.25, -0.2) is 4.99 Å². The fourth-order valence-electron chi connectivity index (χ4n) is 2.35. The van der Waals surface area contributed by atoms with Gasteiger partial charge in [-0.3, -0.25) is 0 Å². The molecule has 2 rings (SSSR count). The van der Waals surface area contributed by atoms with Crippen LogP contribution >= 0.6 is 24.0 Å². The van der Waals surface area contributed by atoms with Crippen LogP contribution in [-0.2, 0) is 20.1 Å². The molecule has 6 nitrogen and oxygen atoms in total. The van der Waals surface area contributed by atoms with E-state index >= 15 is 0 Å². The van der Waals surface area contributed by atoms with Crippen LogP contribution in [0.25, 0.3) is 0 Å². The zero-order valence-corrected chi connectivity index (χ0v) is 18.3. The molecule has 10 heteroatoms. The van der Waals surface area contributed by atoms with E-state index in [2.05, 4.69) is 25.8 Å². The summed E-state index contributed by atoms with van der Waals surface area (Å²) >= 11 is 0. The molecule has 0 atom stereocenters. The molecule has 0 unspecified atom stereocenters. The van der Waals surface area contributed by atoms with Crippen molar-refractivity contribution < 1.29 is 13.2 Å². The van der Waals surface area contributed by atoms with Crippen LogP contribution in [0.4, 0.5) is 13.2 Å². The van der Waals surface area contributed by atoms with E-state index in [1.807, 2.05) is 48.9 Å². The summed E-state index contributed by atoms with van der Waals surface area (Å²) in [6.07, 6.45) is -4.37. The SMILES string of the molecule is Cc1nnc(CNC(=NCc2ccccc2)NCCCCC(F)(F)F)n1C.I. The van der Waals surface area contributed by atoms with E-state index in [0.29, 0.717) is 32.0 Å². The second kappa shape index (κ2) is 11.9. The monoisotopic (exact) mass is 510 g/mol. The summed E-state index contributed by atoms with van der Waals surface area (Å²) in [6, 6.07) is 9.74. The lowest BCUT2D eigenvalue weighted by atomic mass is 10.2. The molecule has 2 N–H and O–H groups in total. The summed E-state index contributed by atoms with van der Waals surface area (Å²) in [7, 11) is 1.87. The van der Waals surface area contributed by atoms with Crippen LogP contribution in [0.5, 0.6) is 0 Å². The van der Waals surface area contributed by atoms with Crippen molar-refractivity contribution in [2.75, 3.05) is 6.54 Å². The van der Waals surface area contributed by atoms with Gasteiger partial charge in [0.25, 0.3) is 0 Å². The third-order valence-corrected chi connectivity index (χ3v) is 4.04. The first-order valence-corrected chi connectivity index (χ1v) is 8.83. The van der Waals surface area contributed by atoms with Crippen LogP contribution in [-0.4, -0.2) is 33.4 Å². The van der Waals surface area contributed by atoms with Crippen LogP contribution in [0.3, 0.4) is 0 Å². The molecule has 1 aromatic heterocycles. The number of aliphatic imine (C=N–C) groups is 1. The summed E-state index contributed by atoms with van der Waals surface area (Å²) in [6.45, 7) is 3.16. The van der Waals surface area contributed by atoms with Gasteiger partial charge in [0.1, 0.15) is 5.82 Å². The smallest absolute Gasteiger partial charge is 0.356 e. The zero-order valence-electron chi connectivity index (χ0n) is 16.0. The van der Waals surface area contributed by atoms with E-state index in [1.165, 1.54) is 0 Å². The van der Waals surface area contributed by atoms with E-state index in [9.17, 15) is 13.2 Å². The highest BCUT2D eigenvalue weighted by Crippen LogP contribution is 2.21. The Hall–Kier alpha value is -1.85. The summed E-state index contributed by atoms with van der Waals surface area (Å²) in [5, 5.41) is 14.3. The molecular weight excluding hydrogens is 484 g/mol. The van der Waals surface area contributed by atoms with Gasteiger partial charge in [-0.15, -0.1) is 34.2 Å². The molecule has 2 aromatic rings. The number of nitrogens with one attached hydrogen (secondary N) is 2. The minimum Gasteiger partial charge on any atom is -0.356 e.